The predicted molar refractivity (Wildman–Crippen MR) is 117 cm³/mol. The molecule has 0 amide bonds. The van der Waals surface area contributed by atoms with Crippen LogP contribution in [0.1, 0.15) is 12.8 Å². The number of aromatic nitrogens is 4. The van der Waals surface area contributed by atoms with Crippen LogP contribution in [0, 0.1) is 5.92 Å². The van der Waals surface area contributed by atoms with E-state index in [0.29, 0.717) is 34.0 Å². The van der Waals surface area contributed by atoms with Gasteiger partial charge in [-0.3, -0.25) is 9.48 Å². The van der Waals surface area contributed by atoms with Gasteiger partial charge in [-0.05, 0) is 18.9 Å². The first kappa shape index (κ1) is 20.2. The van der Waals surface area contributed by atoms with Gasteiger partial charge in [0.05, 0.1) is 25.5 Å². The largest absolute Gasteiger partial charge is 0.494 e. The third kappa shape index (κ3) is 4.11. The topological polar surface area (TPSA) is 111 Å². The van der Waals surface area contributed by atoms with Crippen LogP contribution in [0.5, 0.6) is 5.75 Å². The second-order valence-corrected chi connectivity index (χ2v) is 7.85. The minimum absolute atomic E-state index is 0.0602. The van der Waals surface area contributed by atoms with Crippen molar-refractivity contribution >= 4 is 45.7 Å². The van der Waals surface area contributed by atoms with Gasteiger partial charge in [0, 0.05) is 48.7 Å². The summed E-state index contributed by atoms with van der Waals surface area (Å²) in [7, 11) is 3.43. The highest BCUT2D eigenvalue weighted by molar-refractivity contribution is 6.31. The van der Waals surface area contributed by atoms with Gasteiger partial charge in [-0.15, -0.1) is 0 Å². The van der Waals surface area contributed by atoms with Crippen molar-refractivity contribution in [1.82, 2.24) is 19.7 Å². The zero-order chi connectivity index (χ0) is 21.3. The van der Waals surface area contributed by atoms with E-state index in [2.05, 4.69) is 25.3 Å². The summed E-state index contributed by atoms with van der Waals surface area (Å²) in [5.74, 6) is 1.13. The number of piperidine rings is 1. The highest BCUT2D eigenvalue weighted by Crippen LogP contribution is 2.32. The Kier molecular flexibility index (Phi) is 5.63. The maximum Gasteiger partial charge on any atom is 0.222 e. The second-order valence-electron chi connectivity index (χ2n) is 7.41. The number of halogens is 1. The maximum absolute atomic E-state index is 12.9. The highest BCUT2D eigenvalue weighted by Gasteiger charge is 2.26. The van der Waals surface area contributed by atoms with E-state index >= 15 is 0 Å². The SMILES string of the molecule is COc1cc(Cl)cc2c(NCC(=O)C3CCCN(c4cnn(C)c4)C3)nc(N)nc12. The molecule has 1 aliphatic rings. The smallest absolute Gasteiger partial charge is 0.222 e. The molecule has 10 heteroatoms. The molecule has 1 unspecified atom stereocenters. The Bertz CT molecular complexity index is 1080. The Hall–Kier alpha value is -3.07. The summed E-state index contributed by atoms with van der Waals surface area (Å²) in [5, 5.41) is 8.50. The predicted octanol–water partition coefficient (Wildman–Crippen LogP) is 2.51. The van der Waals surface area contributed by atoms with Gasteiger partial charge in [0.15, 0.2) is 5.78 Å². The number of rotatable bonds is 6. The van der Waals surface area contributed by atoms with Gasteiger partial charge in [0.1, 0.15) is 17.1 Å². The second kappa shape index (κ2) is 8.35. The molecule has 30 heavy (non-hydrogen) atoms. The van der Waals surface area contributed by atoms with Crippen molar-refractivity contribution in [3.05, 3.63) is 29.5 Å². The van der Waals surface area contributed by atoms with Crippen molar-refractivity contribution in [2.24, 2.45) is 13.0 Å². The van der Waals surface area contributed by atoms with Crippen molar-refractivity contribution < 1.29 is 9.53 Å². The summed E-state index contributed by atoms with van der Waals surface area (Å²) in [6.45, 7) is 1.75. The van der Waals surface area contributed by atoms with Crippen LogP contribution in [0.4, 0.5) is 17.5 Å². The molecule has 0 radical (unpaired) electrons. The maximum atomic E-state index is 12.9. The molecule has 9 nitrogen and oxygen atoms in total. The molecular formula is C20H24ClN7O2. The van der Waals surface area contributed by atoms with Crippen molar-refractivity contribution in [3.8, 4) is 5.75 Å². The Balaban J connectivity index is 1.50. The standard InChI is InChI=1S/C20H24ClN7O2/c1-27-11-14(8-24-27)28-5-3-4-12(10-28)16(29)9-23-19-15-6-13(21)7-17(30-2)18(15)25-20(22)26-19/h6-8,11-12H,3-5,9-10H2,1-2H3,(H3,22,23,25,26). The van der Waals surface area contributed by atoms with E-state index in [0.717, 1.165) is 25.1 Å². The molecule has 158 valence electrons. The van der Waals surface area contributed by atoms with Gasteiger partial charge in [0.2, 0.25) is 5.95 Å². The lowest BCUT2D eigenvalue weighted by atomic mass is 9.93. The average Bonchev–Trinajstić information content (AvgIpc) is 3.18. The number of carbonyl (C=O) groups excluding carboxylic acids is 1. The van der Waals surface area contributed by atoms with Crippen LogP contribution in [0.3, 0.4) is 0 Å². The number of benzene rings is 1. The van der Waals surface area contributed by atoms with Crippen molar-refractivity contribution in [3.63, 3.8) is 0 Å². The van der Waals surface area contributed by atoms with E-state index in [-0.39, 0.29) is 24.2 Å². The van der Waals surface area contributed by atoms with E-state index in [4.69, 9.17) is 22.1 Å². The molecule has 4 rings (SSSR count). The molecule has 3 N–H and O–H groups in total. The zero-order valence-corrected chi connectivity index (χ0v) is 17.7. The first-order chi connectivity index (χ1) is 14.4. The third-order valence-corrected chi connectivity index (χ3v) is 5.55. The Morgan fingerprint density at radius 2 is 2.23 bits per heavy atom. The average molecular weight is 430 g/mol. The van der Waals surface area contributed by atoms with Crippen LogP contribution >= 0.6 is 11.6 Å². The number of nitrogens with two attached hydrogens (primary N) is 1. The molecule has 0 spiro atoms. The van der Waals surface area contributed by atoms with E-state index < -0.39 is 0 Å². The third-order valence-electron chi connectivity index (χ3n) is 5.33. The molecule has 3 heterocycles. The molecule has 1 atom stereocenters. The first-order valence-corrected chi connectivity index (χ1v) is 10.1. The number of hydrogen-bond acceptors (Lipinski definition) is 8. The monoisotopic (exact) mass is 429 g/mol. The fourth-order valence-electron chi connectivity index (χ4n) is 3.84. The van der Waals surface area contributed by atoms with E-state index in [1.54, 1.807) is 16.8 Å². The molecule has 0 saturated carbocycles. The molecule has 0 bridgehead atoms. The van der Waals surface area contributed by atoms with Crippen LogP contribution in [0.25, 0.3) is 10.9 Å². The number of carbonyl (C=O) groups is 1. The summed E-state index contributed by atoms with van der Waals surface area (Å²) in [6.07, 6.45) is 5.63. The number of ether oxygens (including phenoxy) is 1. The number of Topliss-reactive ketones (excluding diaryl/α,β-unsaturated/α-hetero) is 1. The number of hydrogen-bond donors (Lipinski definition) is 2. The summed E-state index contributed by atoms with van der Waals surface area (Å²) in [4.78, 5) is 23.7. The summed E-state index contributed by atoms with van der Waals surface area (Å²) < 4.78 is 7.13. The lowest BCUT2D eigenvalue weighted by Gasteiger charge is -2.32. The molecule has 0 aliphatic carbocycles. The molecule has 1 aliphatic heterocycles. The van der Waals surface area contributed by atoms with Gasteiger partial charge in [-0.1, -0.05) is 11.6 Å². The lowest BCUT2D eigenvalue weighted by Crippen LogP contribution is -2.40. The number of nitrogens with one attached hydrogen (secondary N) is 1. The fraction of sp³-hybridized carbons (Fsp3) is 0.400. The molecule has 1 saturated heterocycles. The van der Waals surface area contributed by atoms with Crippen molar-refractivity contribution in [1.29, 1.82) is 0 Å². The fourth-order valence-corrected chi connectivity index (χ4v) is 4.04. The normalized spacial score (nSPS) is 16.6. The highest BCUT2D eigenvalue weighted by atomic mass is 35.5. The zero-order valence-electron chi connectivity index (χ0n) is 16.9. The minimum Gasteiger partial charge on any atom is -0.494 e. The molecule has 1 fully saturated rings. The van der Waals surface area contributed by atoms with Crippen molar-refractivity contribution in [2.75, 3.05) is 42.7 Å². The van der Waals surface area contributed by atoms with Gasteiger partial charge in [-0.2, -0.15) is 10.1 Å². The number of aryl methyl sites for hydroxylation is 1. The molecule has 2 aromatic heterocycles. The number of nitrogen functional groups attached to an aromatic ring is 1. The number of nitrogens with zero attached hydrogens (tertiary/aromatic N) is 5. The van der Waals surface area contributed by atoms with E-state index in [1.807, 2.05) is 19.4 Å². The number of methoxy groups -OCH3 is 1. The van der Waals surface area contributed by atoms with Crippen molar-refractivity contribution in [2.45, 2.75) is 12.8 Å². The number of ketones is 1. The van der Waals surface area contributed by atoms with E-state index in [1.165, 1.54) is 7.11 Å². The van der Waals surface area contributed by atoms with Gasteiger partial charge < -0.3 is 20.7 Å². The van der Waals surface area contributed by atoms with Gasteiger partial charge in [-0.25, -0.2) is 4.98 Å². The van der Waals surface area contributed by atoms with Gasteiger partial charge >= 0.3 is 0 Å². The quantitative estimate of drug-likeness (QED) is 0.614. The number of fused-ring (bicyclic) bond motifs is 1. The van der Waals surface area contributed by atoms with Crippen LogP contribution in [0.15, 0.2) is 24.5 Å². The van der Waals surface area contributed by atoms with Crippen LogP contribution < -0.4 is 20.7 Å². The van der Waals surface area contributed by atoms with Crippen LogP contribution in [0.2, 0.25) is 5.02 Å². The first-order valence-electron chi connectivity index (χ1n) is 9.75. The lowest BCUT2D eigenvalue weighted by molar-refractivity contribution is -0.121. The summed E-state index contributed by atoms with van der Waals surface area (Å²) in [6, 6.07) is 3.40. The summed E-state index contributed by atoms with van der Waals surface area (Å²) >= 11 is 6.20. The van der Waals surface area contributed by atoms with E-state index in [9.17, 15) is 4.79 Å². The Labute approximate surface area is 179 Å². The van der Waals surface area contributed by atoms with Gasteiger partial charge in [0.25, 0.3) is 0 Å². The number of anilines is 3. The molecule has 3 aromatic rings. The molecule has 1 aromatic carbocycles. The molecular weight excluding hydrogens is 406 g/mol. The minimum atomic E-state index is -0.0602. The Morgan fingerprint density at radius 3 is 2.97 bits per heavy atom. The Morgan fingerprint density at radius 1 is 1.40 bits per heavy atom. The summed E-state index contributed by atoms with van der Waals surface area (Å²) in [5.41, 5.74) is 7.46. The van der Waals surface area contributed by atoms with Crippen LogP contribution in [-0.4, -0.2) is 52.3 Å². The van der Waals surface area contributed by atoms with Crippen LogP contribution in [-0.2, 0) is 11.8 Å².